The number of nitro groups is 1. The van der Waals surface area contributed by atoms with E-state index in [1.165, 1.54) is 12.1 Å². The number of rotatable bonds is 6. The second kappa shape index (κ2) is 6.45. The fourth-order valence-corrected chi connectivity index (χ4v) is 2.26. The summed E-state index contributed by atoms with van der Waals surface area (Å²) in [6.45, 7) is 2.21. The van der Waals surface area contributed by atoms with Crippen LogP contribution in [0.3, 0.4) is 0 Å². The molecule has 1 heterocycles. The number of nitrogens with zero attached hydrogens (tertiary/aromatic N) is 3. The molecular formula is C14H17FN4O2. The first kappa shape index (κ1) is 15.1. The average molecular weight is 292 g/mol. The van der Waals surface area contributed by atoms with Gasteiger partial charge < -0.3 is 5.32 Å². The molecule has 2 aromatic rings. The smallest absolute Gasteiger partial charge is 0.305 e. The summed E-state index contributed by atoms with van der Waals surface area (Å²) < 4.78 is 15.6. The Balaban J connectivity index is 2.23. The van der Waals surface area contributed by atoms with Gasteiger partial charge in [0.05, 0.1) is 17.7 Å². The van der Waals surface area contributed by atoms with Crippen molar-refractivity contribution in [3.8, 4) is 0 Å². The van der Waals surface area contributed by atoms with E-state index in [4.69, 9.17) is 0 Å². The molecule has 0 aliphatic rings. The highest BCUT2D eigenvalue weighted by atomic mass is 19.1. The molecule has 0 saturated carbocycles. The highest BCUT2D eigenvalue weighted by Gasteiger charge is 2.18. The molecule has 1 aromatic carbocycles. The highest BCUT2D eigenvalue weighted by Crippen LogP contribution is 2.21. The Kier molecular flexibility index (Phi) is 4.64. The topological polar surface area (TPSA) is 73.0 Å². The lowest BCUT2D eigenvalue weighted by Gasteiger charge is -2.10. The average Bonchev–Trinajstić information content (AvgIpc) is 2.91. The lowest BCUT2D eigenvalue weighted by molar-refractivity contribution is -0.387. The Morgan fingerprint density at radius 3 is 2.90 bits per heavy atom. The minimum Gasteiger partial charge on any atom is -0.313 e. The molecule has 7 heteroatoms. The van der Waals surface area contributed by atoms with Crippen molar-refractivity contribution in [3.05, 3.63) is 57.7 Å². The Hall–Kier alpha value is -2.28. The summed E-state index contributed by atoms with van der Waals surface area (Å²) in [5.74, 6) is -0.805. The molecule has 1 atom stereocenters. The fourth-order valence-electron chi connectivity index (χ4n) is 2.26. The standard InChI is InChI=1S/C14H17FN4O2/c1-3-12(16-2)11-7-17-18(9-11)8-10-5-4-6-13(14(10)15)19(20)21/h4-7,9,12,16H,3,8H2,1-2H3. The predicted molar refractivity (Wildman–Crippen MR) is 76.5 cm³/mol. The van der Waals surface area contributed by atoms with Crippen LogP contribution >= 0.6 is 0 Å². The number of benzene rings is 1. The largest absolute Gasteiger partial charge is 0.313 e. The van der Waals surface area contributed by atoms with Crippen LogP contribution in [0.1, 0.15) is 30.5 Å². The van der Waals surface area contributed by atoms with Crippen molar-refractivity contribution in [2.75, 3.05) is 7.05 Å². The molecule has 0 saturated heterocycles. The van der Waals surface area contributed by atoms with E-state index in [2.05, 4.69) is 17.3 Å². The van der Waals surface area contributed by atoms with E-state index in [1.807, 2.05) is 13.2 Å². The monoisotopic (exact) mass is 292 g/mol. The van der Waals surface area contributed by atoms with Crippen LogP contribution in [0, 0.1) is 15.9 Å². The maximum Gasteiger partial charge on any atom is 0.305 e. The number of hydrogen-bond donors (Lipinski definition) is 1. The van der Waals surface area contributed by atoms with Gasteiger partial charge in [-0.1, -0.05) is 19.1 Å². The van der Waals surface area contributed by atoms with Gasteiger partial charge in [-0.15, -0.1) is 0 Å². The Morgan fingerprint density at radius 2 is 2.29 bits per heavy atom. The molecule has 0 bridgehead atoms. The summed E-state index contributed by atoms with van der Waals surface area (Å²) in [6.07, 6.45) is 4.45. The molecule has 1 unspecified atom stereocenters. The van der Waals surface area contributed by atoms with Crippen LogP contribution in [0.5, 0.6) is 0 Å². The molecule has 0 fully saturated rings. The van der Waals surface area contributed by atoms with Crippen LogP contribution in [0.25, 0.3) is 0 Å². The molecule has 2 rings (SSSR count). The molecule has 1 aromatic heterocycles. The van der Waals surface area contributed by atoms with Crippen LogP contribution in [0.4, 0.5) is 10.1 Å². The molecule has 0 aliphatic carbocycles. The minimum absolute atomic E-state index is 0.160. The van der Waals surface area contributed by atoms with Gasteiger partial charge in [0.15, 0.2) is 0 Å². The van der Waals surface area contributed by atoms with Gasteiger partial charge in [-0.25, -0.2) is 0 Å². The normalized spacial score (nSPS) is 12.3. The summed E-state index contributed by atoms with van der Waals surface area (Å²) in [7, 11) is 1.87. The molecule has 1 N–H and O–H groups in total. The Bertz CT molecular complexity index is 638. The third-order valence-electron chi connectivity index (χ3n) is 3.40. The summed E-state index contributed by atoms with van der Waals surface area (Å²) in [6, 6.07) is 4.35. The molecule has 21 heavy (non-hydrogen) atoms. The quantitative estimate of drug-likeness (QED) is 0.656. The SMILES string of the molecule is CCC(NC)c1cnn(Cc2cccc([N+](=O)[O-])c2F)c1. The minimum atomic E-state index is -0.805. The highest BCUT2D eigenvalue weighted by molar-refractivity contribution is 5.36. The van der Waals surface area contributed by atoms with Crippen molar-refractivity contribution in [2.24, 2.45) is 0 Å². The van der Waals surface area contributed by atoms with Crippen molar-refractivity contribution < 1.29 is 9.31 Å². The second-order valence-electron chi connectivity index (χ2n) is 4.73. The van der Waals surface area contributed by atoms with Crippen molar-refractivity contribution in [2.45, 2.75) is 25.9 Å². The van der Waals surface area contributed by atoms with Crippen LogP contribution in [-0.2, 0) is 6.54 Å². The van der Waals surface area contributed by atoms with E-state index in [0.29, 0.717) is 0 Å². The first-order chi connectivity index (χ1) is 10.1. The van der Waals surface area contributed by atoms with Crippen molar-refractivity contribution in [3.63, 3.8) is 0 Å². The number of halogens is 1. The van der Waals surface area contributed by atoms with Gasteiger partial charge in [-0.3, -0.25) is 14.8 Å². The molecule has 6 nitrogen and oxygen atoms in total. The number of aromatic nitrogens is 2. The summed E-state index contributed by atoms with van der Waals surface area (Å²) in [5, 5.41) is 18.1. The third kappa shape index (κ3) is 3.25. The fraction of sp³-hybridized carbons (Fsp3) is 0.357. The summed E-state index contributed by atoms with van der Waals surface area (Å²) in [4.78, 5) is 10.0. The van der Waals surface area contributed by atoms with Gasteiger partial charge in [0, 0.05) is 29.4 Å². The maximum absolute atomic E-state index is 14.0. The zero-order chi connectivity index (χ0) is 15.4. The van der Waals surface area contributed by atoms with Gasteiger partial charge in [0.25, 0.3) is 0 Å². The molecular weight excluding hydrogens is 275 g/mol. The van der Waals surface area contributed by atoms with E-state index in [0.717, 1.165) is 18.1 Å². The molecule has 112 valence electrons. The molecule has 0 aliphatic heterocycles. The summed E-state index contributed by atoms with van der Waals surface area (Å²) >= 11 is 0. The van der Waals surface area contributed by atoms with Crippen LogP contribution in [-0.4, -0.2) is 21.8 Å². The zero-order valence-corrected chi connectivity index (χ0v) is 11.9. The van der Waals surface area contributed by atoms with Crippen molar-refractivity contribution in [1.82, 2.24) is 15.1 Å². The Labute approximate surface area is 121 Å². The zero-order valence-electron chi connectivity index (χ0n) is 11.9. The van der Waals surface area contributed by atoms with Gasteiger partial charge in [-0.2, -0.15) is 9.49 Å². The van der Waals surface area contributed by atoms with E-state index < -0.39 is 16.4 Å². The van der Waals surface area contributed by atoms with E-state index >= 15 is 0 Å². The second-order valence-corrected chi connectivity index (χ2v) is 4.73. The van der Waals surface area contributed by atoms with E-state index in [1.54, 1.807) is 10.9 Å². The van der Waals surface area contributed by atoms with Crippen LogP contribution in [0.15, 0.2) is 30.6 Å². The van der Waals surface area contributed by atoms with Gasteiger partial charge in [-0.05, 0) is 13.5 Å². The number of hydrogen-bond acceptors (Lipinski definition) is 4. The van der Waals surface area contributed by atoms with Crippen molar-refractivity contribution >= 4 is 5.69 Å². The lowest BCUT2D eigenvalue weighted by atomic mass is 10.1. The third-order valence-corrected chi connectivity index (χ3v) is 3.40. The lowest BCUT2D eigenvalue weighted by Crippen LogP contribution is -2.14. The number of nitro benzene ring substituents is 1. The first-order valence-electron chi connectivity index (χ1n) is 6.68. The first-order valence-corrected chi connectivity index (χ1v) is 6.68. The number of nitrogens with one attached hydrogen (secondary N) is 1. The van der Waals surface area contributed by atoms with Gasteiger partial charge >= 0.3 is 5.69 Å². The van der Waals surface area contributed by atoms with Crippen LogP contribution < -0.4 is 5.32 Å². The Morgan fingerprint density at radius 1 is 1.52 bits per heavy atom. The van der Waals surface area contributed by atoms with E-state index in [9.17, 15) is 14.5 Å². The van der Waals surface area contributed by atoms with Crippen molar-refractivity contribution in [1.29, 1.82) is 0 Å². The predicted octanol–water partition coefficient (Wildman–Crippen LogP) is 2.65. The van der Waals surface area contributed by atoms with Crippen LogP contribution in [0.2, 0.25) is 0 Å². The van der Waals surface area contributed by atoms with Gasteiger partial charge in [0.1, 0.15) is 0 Å². The maximum atomic E-state index is 14.0. The molecule has 0 amide bonds. The molecule has 0 spiro atoms. The molecule has 0 radical (unpaired) electrons. The van der Waals surface area contributed by atoms with E-state index in [-0.39, 0.29) is 18.2 Å². The van der Waals surface area contributed by atoms with Gasteiger partial charge in [0.2, 0.25) is 5.82 Å². The summed E-state index contributed by atoms with van der Waals surface area (Å²) in [5.41, 5.74) is 0.740.